The van der Waals surface area contributed by atoms with E-state index in [-0.39, 0.29) is 0 Å². The average Bonchev–Trinajstić information content (AvgIpc) is 2.71. The molecule has 1 saturated carbocycles. The van der Waals surface area contributed by atoms with Gasteiger partial charge in [-0.3, -0.25) is 0 Å². The summed E-state index contributed by atoms with van der Waals surface area (Å²) in [5.74, 6) is 3.60. The van der Waals surface area contributed by atoms with E-state index < -0.39 is 0 Å². The summed E-state index contributed by atoms with van der Waals surface area (Å²) in [6.07, 6.45) is 5.28. The Morgan fingerprint density at radius 1 is 1.29 bits per heavy atom. The lowest BCUT2D eigenvalue weighted by atomic mass is 10.0. The molecule has 1 aliphatic carbocycles. The minimum Gasteiger partial charge on any atom is -0.244 e. The third-order valence-electron chi connectivity index (χ3n) is 2.72. The Bertz CT molecular complexity index is 369. The molecule has 0 aromatic carbocycles. The molecule has 2 rings (SSSR count). The normalized spacial score (nSPS) is 16.4. The molecule has 0 unspecified atom stereocenters. The Hall–Kier alpha value is -0.810. The van der Waals surface area contributed by atoms with Crippen LogP contribution in [0.25, 0.3) is 0 Å². The SMILES string of the molecule is BrC#Cc1cccc(C2CCCC2)n1. The Labute approximate surface area is 93.1 Å². The van der Waals surface area contributed by atoms with Crippen molar-refractivity contribution in [3.63, 3.8) is 0 Å². The van der Waals surface area contributed by atoms with Crippen molar-refractivity contribution in [2.24, 2.45) is 0 Å². The fourth-order valence-corrected chi connectivity index (χ4v) is 2.22. The first-order chi connectivity index (χ1) is 6.90. The molecule has 2 heteroatoms. The van der Waals surface area contributed by atoms with Crippen molar-refractivity contribution >= 4 is 15.9 Å². The molecule has 0 bridgehead atoms. The van der Waals surface area contributed by atoms with Gasteiger partial charge >= 0.3 is 0 Å². The molecule has 0 radical (unpaired) electrons. The fourth-order valence-electron chi connectivity index (χ4n) is 2.02. The van der Waals surface area contributed by atoms with Gasteiger partial charge < -0.3 is 0 Å². The lowest BCUT2D eigenvalue weighted by Crippen LogP contribution is -1.97. The minimum absolute atomic E-state index is 0.673. The molecule has 1 nitrogen and oxygen atoms in total. The fraction of sp³-hybridized carbons (Fsp3) is 0.417. The van der Waals surface area contributed by atoms with Crippen molar-refractivity contribution in [2.45, 2.75) is 31.6 Å². The van der Waals surface area contributed by atoms with Gasteiger partial charge in [0.2, 0.25) is 0 Å². The third kappa shape index (κ3) is 2.16. The first kappa shape index (κ1) is 9.73. The van der Waals surface area contributed by atoms with Crippen molar-refractivity contribution in [1.29, 1.82) is 0 Å². The number of halogens is 1. The zero-order valence-electron chi connectivity index (χ0n) is 7.96. The molecule has 1 heterocycles. The van der Waals surface area contributed by atoms with Crippen molar-refractivity contribution < 1.29 is 0 Å². The van der Waals surface area contributed by atoms with Gasteiger partial charge in [-0.15, -0.1) is 0 Å². The maximum absolute atomic E-state index is 4.54. The molecule has 0 atom stereocenters. The van der Waals surface area contributed by atoms with Gasteiger partial charge in [-0.25, -0.2) is 4.98 Å². The van der Waals surface area contributed by atoms with Crippen molar-refractivity contribution in [3.05, 3.63) is 29.6 Å². The van der Waals surface area contributed by atoms with Crippen LogP contribution < -0.4 is 0 Å². The van der Waals surface area contributed by atoms with E-state index in [9.17, 15) is 0 Å². The predicted octanol–water partition coefficient (Wildman–Crippen LogP) is 3.44. The predicted molar refractivity (Wildman–Crippen MR) is 61.3 cm³/mol. The molecular formula is C12H12BrN. The van der Waals surface area contributed by atoms with Crippen LogP contribution in [0, 0.1) is 10.8 Å². The number of nitrogens with zero attached hydrogens (tertiary/aromatic N) is 1. The average molecular weight is 250 g/mol. The lowest BCUT2D eigenvalue weighted by molar-refractivity contribution is 0.696. The maximum atomic E-state index is 4.54. The summed E-state index contributed by atoms with van der Waals surface area (Å²) in [4.78, 5) is 7.24. The van der Waals surface area contributed by atoms with Gasteiger partial charge in [-0.1, -0.05) is 18.9 Å². The number of aromatic nitrogens is 1. The monoisotopic (exact) mass is 249 g/mol. The number of hydrogen-bond acceptors (Lipinski definition) is 1. The highest BCUT2D eigenvalue weighted by Gasteiger charge is 2.17. The van der Waals surface area contributed by atoms with E-state index in [1.165, 1.54) is 31.4 Å². The van der Waals surface area contributed by atoms with Gasteiger partial charge in [-0.05, 0) is 35.7 Å². The number of rotatable bonds is 1. The van der Waals surface area contributed by atoms with Crippen LogP contribution in [0.3, 0.4) is 0 Å². The first-order valence-corrected chi connectivity index (χ1v) is 5.78. The minimum atomic E-state index is 0.673. The Balaban J connectivity index is 2.23. The van der Waals surface area contributed by atoms with E-state index in [1.54, 1.807) is 0 Å². The number of hydrogen-bond donors (Lipinski definition) is 0. The second kappa shape index (κ2) is 4.61. The summed E-state index contributed by atoms with van der Waals surface area (Å²) in [6, 6.07) is 6.12. The molecule has 0 N–H and O–H groups in total. The summed E-state index contributed by atoms with van der Waals surface area (Å²) in [5, 5.41) is 0. The van der Waals surface area contributed by atoms with Crippen molar-refractivity contribution in [3.8, 4) is 10.8 Å². The van der Waals surface area contributed by atoms with E-state index in [4.69, 9.17) is 0 Å². The van der Waals surface area contributed by atoms with Crippen LogP contribution in [-0.4, -0.2) is 4.98 Å². The summed E-state index contributed by atoms with van der Waals surface area (Å²) in [7, 11) is 0. The number of pyridine rings is 1. The van der Waals surface area contributed by atoms with E-state index in [0.717, 1.165) is 5.69 Å². The summed E-state index contributed by atoms with van der Waals surface area (Å²) in [5.41, 5.74) is 2.08. The molecule has 1 aromatic rings. The molecule has 14 heavy (non-hydrogen) atoms. The Kier molecular flexibility index (Phi) is 3.21. The van der Waals surface area contributed by atoms with E-state index in [0.29, 0.717) is 5.92 Å². The van der Waals surface area contributed by atoms with Crippen molar-refractivity contribution in [1.82, 2.24) is 4.98 Å². The molecule has 1 fully saturated rings. The van der Waals surface area contributed by atoms with Crippen LogP contribution in [-0.2, 0) is 0 Å². The topological polar surface area (TPSA) is 12.9 Å². The van der Waals surface area contributed by atoms with E-state index in [2.05, 4.69) is 37.7 Å². The maximum Gasteiger partial charge on any atom is 0.114 e. The summed E-state index contributed by atoms with van der Waals surface area (Å²) in [6.45, 7) is 0. The zero-order chi connectivity index (χ0) is 9.80. The second-order valence-corrected chi connectivity index (χ2v) is 4.05. The first-order valence-electron chi connectivity index (χ1n) is 4.99. The lowest BCUT2D eigenvalue weighted by Gasteiger charge is -2.07. The smallest absolute Gasteiger partial charge is 0.114 e. The zero-order valence-corrected chi connectivity index (χ0v) is 9.55. The van der Waals surface area contributed by atoms with Crippen LogP contribution >= 0.6 is 15.9 Å². The van der Waals surface area contributed by atoms with Gasteiger partial charge in [0.05, 0.1) is 0 Å². The summed E-state index contributed by atoms with van der Waals surface area (Å²) >= 11 is 3.09. The molecule has 0 saturated heterocycles. The van der Waals surface area contributed by atoms with Gasteiger partial charge in [0.15, 0.2) is 0 Å². The highest BCUT2D eigenvalue weighted by molar-refractivity contribution is 9.12. The van der Waals surface area contributed by atoms with Crippen LogP contribution in [0.2, 0.25) is 0 Å². The van der Waals surface area contributed by atoms with Gasteiger partial charge in [0.25, 0.3) is 0 Å². The van der Waals surface area contributed by atoms with Gasteiger partial charge in [-0.2, -0.15) is 0 Å². The molecular weight excluding hydrogens is 238 g/mol. The Morgan fingerprint density at radius 3 is 2.79 bits per heavy atom. The molecule has 0 amide bonds. The van der Waals surface area contributed by atoms with E-state index >= 15 is 0 Å². The van der Waals surface area contributed by atoms with Crippen LogP contribution in [0.1, 0.15) is 43.0 Å². The van der Waals surface area contributed by atoms with Crippen LogP contribution in [0.4, 0.5) is 0 Å². The molecule has 72 valence electrons. The summed E-state index contributed by atoms with van der Waals surface area (Å²) < 4.78 is 0. The molecule has 1 aliphatic rings. The second-order valence-electron chi connectivity index (χ2n) is 3.65. The molecule has 1 aromatic heterocycles. The highest BCUT2D eigenvalue weighted by atomic mass is 79.9. The molecule has 0 spiro atoms. The van der Waals surface area contributed by atoms with Gasteiger partial charge in [0.1, 0.15) is 5.69 Å². The highest BCUT2D eigenvalue weighted by Crippen LogP contribution is 2.32. The standard InChI is InChI=1S/C12H12BrN/c13-9-8-11-6-3-7-12(14-11)10-4-1-2-5-10/h3,6-7,10H,1-2,4-5H2. The largest absolute Gasteiger partial charge is 0.244 e. The van der Waals surface area contributed by atoms with Crippen LogP contribution in [0.5, 0.6) is 0 Å². The van der Waals surface area contributed by atoms with Crippen molar-refractivity contribution in [2.75, 3.05) is 0 Å². The van der Waals surface area contributed by atoms with Gasteiger partial charge in [0, 0.05) is 27.5 Å². The quantitative estimate of drug-likeness (QED) is 0.696. The third-order valence-corrected chi connectivity index (χ3v) is 2.92. The van der Waals surface area contributed by atoms with E-state index in [1.807, 2.05) is 12.1 Å². The van der Waals surface area contributed by atoms with Crippen LogP contribution in [0.15, 0.2) is 18.2 Å². The Morgan fingerprint density at radius 2 is 2.07 bits per heavy atom. The molecule has 0 aliphatic heterocycles.